The second kappa shape index (κ2) is 7.07. The molecule has 0 aliphatic heterocycles. The van der Waals surface area contributed by atoms with E-state index < -0.39 is 26.2 Å². The number of carbonyl (C=O) groups is 1. The van der Waals surface area contributed by atoms with Crippen molar-refractivity contribution in [3.05, 3.63) is 24.3 Å². The molecule has 1 aromatic rings. The highest BCUT2D eigenvalue weighted by atomic mass is 32.2. The minimum absolute atomic E-state index is 0.00318. The molecule has 0 aromatic heterocycles. The minimum atomic E-state index is -4.07. The molecule has 0 aliphatic carbocycles. The molecule has 0 radical (unpaired) electrons. The highest BCUT2D eigenvalue weighted by Crippen LogP contribution is 2.23. The summed E-state index contributed by atoms with van der Waals surface area (Å²) < 4.78 is 52.7. The lowest BCUT2D eigenvalue weighted by molar-refractivity contribution is 0.256. The first-order valence-electron chi connectivity index (χ1n) is 6.28. The smallest absolute Gasteiger partial charge is 0.306 e. The van der Waals surface area contributed by atoms with Crippen LogP contribution in [0.1, 0.15) is 13.8 Å². The van der Waals surface area contributed by atoms with Crippen LogP contribution in [0.5, 0.6) is 0 Å². The van der Waals surface area contributed by atoms with E-state index in [1.807, 2.05) is 0 Å². The molecule has 0 saturated carbocycles. The van der Waals surface area contributed by atoms with E-state index in [2.05, 4.69) is 5.32 Å². The first-order chi connectivity index (χ1) is 10.0. The van der Waals surface area contributed by atoms with Crippen molar-refractivity contribution in [2.75, 3.05) is 18.2 Å². The third-order valence-electron chi connectivity index (χ3n) is 2.24. The predicted octanol–water partition coefficient (Wildman–Crippen LogP) is 1.13. The quantitative estimate of drug-likeness (QED) is 0.742. The van der Waals surface area contributed by atoms with Crippen LogP contribution in [0, 0.1) is 5.92 Å². The fourth-order valence-corrected chi connectivity index (χ4v) is 2.99. The zero-order valence-electron chi connectivity index (χ0n) is 12.4. The Kier molecular flexibility index (Phi) is 5.92. The Hall–Kier alpha value is -1.65. The van der Waals surface area contributed by atoms with Crippen LogP contribution in [0.4, 0.5) is 10.5 Å². The van der Waals surface area contributed by atoms with Gasteiger partial charge in [0.05, 0.1) is 18.6 Å². The molecular weight excluding hydrogens is 332 g/mol. The van der Waals surface area contributed by atoms with Crippen LogP contribution < -0.4 is 10.0 Å². The van der Waals surface area contributed by atoms with Crippen LogP contribution >= 0.6 is 0 Å². The summed E-state index contributed by atoms with van der Waals surface area (Å²) in [4.78, 5) is 11.3. The normalized spacial score (nSPS) is 12.2. The van der Waals surface area contributed by atoms with Gasteiger partial charge in [0.2, 0.25) is 10.0 Å². The third kappa shape index (κ3) is 6.00. The highest BCUT2D eigenvalue weighted by Gasteiger charge is 2.21. The highest BCUT2D eigenvalue weighted by molar-refractivity contribution is 7.89. The molecule has 0 fully saturated rings. The first kappa shape index (κ1) is 18.4. The van der Waals surface area contributed by atoms with Gasteiger partial charge >= 0.3 is 6.03 Å². The molecule has 0 aliphatic rings. The number of sulfonamides is 1. The van der Waals surface area contributed by atoms with Gasteiger partial charge in [-0.3, -0.25) is 4.18 Å². The molecule has 0 heterocycles. The van der Waals surface area contributed by atoms with Crippen molar-refractivity contribution in [1.82, 2.24) is 4.72 Å². The molecule has 0 saturated heterocycles. The van der Waals surface area contributed by atoms with Crippen LogP contribution in [0.15, 0.2) is 29.2 Å². The van der Waals surface area contributed by atoms with Crippen molar-refractivity contribution >= 4 is 31.9 Å². The summed E-state index contributed by atoms with van der Waals surface area (Å²) in [5.41, 5.74) is -0.0765. The van der Waals surface area contributed by atoms with E-state index in [0.29, 0.717) is 0 Å². The average molecular weight is 350 g/mol. The lowest BCUT2D eigenvalue weighted by Gasteiger charge is -2.12. The molecule has 0 spiro atoms. The molecular formula is C12H18N2O6S2. The van der Waals surface area contributed by atoms with Crippen LogP contribution in [0.2, 0.25) is 0 Å². The van der Waals surface area contributed by atoms with Gasteiger partial charge in [0.25, 0.3) is 10.1 Å². The number of carbonyl (C=O) groups excluding carboxylic acids is 1. The Bertz CT molecular complexity index is 741. The molecule has 1 aromatic carbocycles. The molecule has 0 atom stereocenters. The molecule has 2 amide bonds. The van der Waals surface area contributed by atoms with Crippen molar-refractivity contribution in [2.45, 2.75) is 18.7 Å². The molecule has 10 heteroatoms. The number of amides is 2. The van der Waals surface area contributed by atoms with Gasteiger partial charge in [-0.05, 0) is 18.1 Å². The van der Waals surface area contributed by atoms with Gasteiger partial charge in [-0.2, -0.15) is 8.42 Å². The maximum atomic E-state index is 12.1. The Balaban J connectivity index is 3.02. The summed E-state index contributed by atoms with van der Waals surface area (Å²) in [5, 5.41) is 2.17. The maximum Gasteiger partial charge on any atom is 0.332 e. The standard InChI is InChI=1S/C12H18N2O6S2/c1-9(2)8-20-22(18,19)11-7-5-4-6-10(11)13-12(15)14-21(3,16)17/h4-7,9H,8H2,1-3H3,(H2,13,14,15). The summed E-state index contributed by atoms with van der Waals surface area (Å²) in [5.74, 6) is 0.00318. The number of urea groups is 1. The topological polar surface area (TPSA) is 119 Å². The number of anilines is 1. The molecule has 2 N–H and O–H groups in total. The fourth-order valence-electron chi connectivity index (χ4n) is 1.39. The minimum Gasteiger partial charge on any atom is -0.306 e. The van der Waals surface area contributed by atoms with E-state index in [-0.39, 0.29) is 23.1 Å². The second-order valence-corrected chi connectivity index (χ2v) is 8.29. The van der Waals surface area contributed by atoms with Crippen molar-refractivity contribution in [3.63, 3.8) is 0 Å². The second-order valence-electron chi connectivity index (χ2n) is 4.96. The van der Waals surface area contributed by atoms with Gasteiger partial charge < -0.3 is 5.32 Å². The van der Waals surface area contributed by atoms with Gasteiger partial charge in [0.15, 0.2) is 0 Å². The Morgan fingerprint density at radius 3 is 2.32 bits per heavy atom. The molecule has 124 valence electrons. The van der Waals surface area contributed by atoms with Gasteiger partial charge in [-0.1, -0.05) is 26.0 Å². The number of nitrogens with one attached hydrogen (secondary N) is 2. The van der Waals surface area contributed by atoms with Crippen molar-refractivity contribution in [1.29, 1.82) is 0 Å². The summed E-state index contributed by atoms with van der Waals surface area (Å²) in [7, 11) is -7.82. The number of rotatable bonds is 6. The third-order valence-corrected chi connectivity index (χ3v) is 4.14. The Morgan fingerprint density at radius 1 is 1.18 bits per heavy atom. The van der Waals surface area contributed by atoms with Crippen molar-refractivity contribution < 1.29 is 25.8 Å². The van der Waals surface area contributed by atoms with Gasteiger partial charge in [0.1, 0.15) is 4.90 Å². The first-order valence-corrected chi connectivity index (χ1v) is 9.58. The zero-order valence-corrected chi connectivity index (χ0v) is 14.0. The monoisotopic (exact) mass is 350 g/mol. The van der Waals surface area contributed by atoms with E-state index in [9.17, 15) is 21.6 Å². The molecule has 8 nitrogen and oxygen atoms in total. The van der Waals surface area contributed by atoms with Crippen LogP contribution in [0.25, 0.3) is 0 Å². The van der Waals surface area contributed by atoms with Gasteiger partial charge in [-0.25, -0.2) is 17.9 Å². The van der Waals surface area contributed by atoms with Gasteiger partial charge in [-0.15, -0.1) is 0 Å². The summed E-state index contributed by atoms with van der Waals surface area (Å²) >= 11 is 0. The molecule has 0 unspecified atom stereocenters. The maximum absolute atomic E-state index is 12.1. The number of hydrogen-bond donors (Lipinski definition) is 2. The fraction of sp³-hybridized carbons (Fsp3) is 0.417. The van der Waals surface area contributed by atoms with Crippen LogP contribution in [0.3, 0.4) is 0 Å². The average Bonchev–Trinajstić information content (AvgIpc) is 2.34. The van der Waals surface area contributed by atoms with Crippen molar-refractivity contribution in [2.24, 2.45) is 5.92 Å². The van der Waals surface area contributed by atoms with E-state index in [1.54, 1.807) is 18.6 Å². The van der Waals surface area contributed by atoms with E-state index >= 15 is 0 Å². The van der Waals surface area contributed by atoms with Crippen LogP contribution in [-0.2, 0) is 24.3 Å². The van der Waals surface area contributed by atoms with E-state index in [4.69, 9.17) is 4.18 Å². The molecule has 0 bridgehead atoms. The predicted molar refractivity (Wildman–Crippen MR) is 81.4 cm³/mol. The number of benzene rings is 1. The molecule has 1 rings (SSSR count). The number of para-hydroxylation sites is 1. The van der Waals surface area contributed by atoms with Crippen LogP contribution in [-0.4, -0.2) is 35.7 Å². The zero-order chi connectivity index (χ0) is 17.0. The largest absolute Gasteiger partial charge is 0.332 e. The summed E-state index contributed by atoms with van der Waals surface area (Å²) in [6.07, 6.45) is 0.807. The Morgan fingerprint density at radius 2 is 1.77 bits per heavy atom. The Labute approximate surface area is 130 Å². The summed E-state index contributed by atoms with van der Waals surface area (Å²) in [6, 6.07) is 4.48. The lowest BCUT2D eigenvalue weighted by Crippen LogP contribution is -2.33. The molecule has 22 heavy (non-hydrogen) atoms. The lowest BCUT2D eigenvalue weighted by atomic mass is 10.2. The van der Waals surface area contributed by atoms with Gasteiger partial charge in [0, 0.05) is 0 Å². The number of hydrogen-bond acceptors (Lipinski definition) is 6. The van der Waals surface area contributed by atoms with E-state index in [1.165, 1.54) is 24.3 Å². The van der Waals surface area contributed by atoms with Crippen molar-refractivity contribution in [3.8, 4) is 0 Å². The summed E-state index contributed by atoms with van der Waals surface area (Å²) in [6.45, 7) is 3.57. The van der Waals surface area contributed by atoms with E-state index in [0.717, 1.165) is 6.26 Å². The SMILES string of the molecule is CC(C)COS(=O)(=O)c1ccccc1NC(=O)NS(C)(=O)=O.